The number of nitrogens with zero attached hydrogens (tertiary/aromatic N) is 1. The van der Waals surface area contributed by atoms with Gasteiger partial charge in [-0.1, -0.05) is 36.7 Å². The average Bonchev–Trinajstić information content (AvgIpc) is 2.90. The fourth-order valence-corrected chi connectivity index (χ4v) is 5.52. The fraction of sp³-hybridized carbons (Fsp3) is 0.125. The number of halogens is 1. The molecule has 2 aromatic carbocycles. The van der Waals surface area contributed by atoms with Gasteiger partial charge in [-0.15, -0.1) is 0 Å². The average molecular weight is 390 g/mol. The zero-order valence-electron chi connectivity index (χ0n) is 13.6. The minimum absolute atomic E-state index is 0. The van der Waals surface area contributed by atoms with Crippen molar-refractivity contribution in [2.24, 2.45) is 0 Å². The Kier molecular flexibility index (Phi) is 6.20. The van der Waals surface area contributed by atoms with E-state index in [0.717, 1.165) is 3.97 Å². The molecule has 0 amide bonds. The van der Waals surface area contributed by atoms with E-state index in [4.69, 9.17) is 11.6 Å². The number of aryl methyl sites for hydroxylation is 1. The van der Waals surface area contributed by atoms with Crippen molar-refractivity contribution in [3.63, 3.8) is 0 Å². The topological polar surface area (TPSA) is 79.2 Å². The van der Waals surface area contributed by atoms with E-state index in [2.05, 4.69) is 0 Å². The molecule has 0 spiro atoms. The summed E-state index contributed by atoms with van der Waals surface area (Å²) in [6.07, 6.45) is 0.359. The van der Waals surface area contributed by atoms with Crippen LogP contribution in [0.15, 0.2) is 58.5 Å². The predicted molar refractivity (Wildman–Crippen MR) is 92.5 cm³/mol. The van der Waals surface area contributed by atoms with Crippen molar-refractivity contribution in [1.29, 1.82) is 0 Å². The van der Waals surface area contributed by atoms with Crippen LogP contribution >= 0.6 is 11.6 Å². The summed E-state index contributed by atoms with van der Waals surface area (Å²) in [5, 5.41) is 0.678. The molecule has 0 saturated carbocycles. The second-order valence-corrected chi connectivity index (χ2v) is 8.20. The first-order valence-corrected chi connectivity index (χ1v) is 10.00. The molecular formula is C16H13ClLiNO4S2. The van der Waals surface area contributed by atoms with E-state index in [1.54, 1.807) is 31.2 Å². The van der Waals surface area contributed by atoms with Gasteiger partial charge in [0.2, 0.25) is 0 Å². The standard InChI is InChI=1S/C16H14ClNO4S2.Li/c1-2-13-14-10-11(17)8-9-15(14)18(16(13)23(19)20)24(21,22)12-6-4-3-5-7-12;/h3-10H,2H2,1H3,(H,19,20);/q;+1/p-1. The second kappa shape index (κ2) is 7.66. The van der Waals surface area contributed by atoms with Gasteiger partial charge in [0.15, 0.2) is 0 Å². The Bertz CT molecular complexity index is 1050. The van der Waals surface area contributed by atoms with Gasteiger partial charge in [0.05, 0.1) is 10.4 Å². The van der Waals surface area contributed by atoms with Crippen molar-refractivity contribution in [2.45, 2.75) is 23.3 Å². The Morgan fingerprint density at radius 2 is 1.80 bits per heavy atom. The number of benzene rings is 2. The third kappa shape index (κ3) is 3.45. The molecule has 0 radical (unpaired) electrons. The Labute approximate surface area is 165 Å². The second-order valence-electron chi connectivity index (χ2n) is 5.12. The maximum absolute atomic E-state index is 13.0. The first-order valence-electron chi connectivity index (χ1n) is 7.10. The third-order valence-electron chi connectivity index (χ3n) is 3.74. The van der Waals surface area contributed by atoms with Crippen molar-refractivity contribution in [3.05, 3.63) is 59.1 Å². The molecular weight excluding hydrogens is 377 g/mol. The van der Waals surface area contributed by atoms with Gasteiger partial charge in [-0.3, -0.25) is 4.21 Å². The number of aromatic nitrogens is 1. The van der Waals surface area contributed by atoms with E-state index in [0.29, 0.717) is 27.9 Å². The molecule has 0 aliphatic heterocycles. The summed E-state index contributed by atoms with van der Waals surface area (Å²) in [6, 6.07) is 12.4. The fourth-order valence-electron chi connectivity index (χ4n) is 2.72. The van der Waals surface area contributed by atoms with Crippen molar-refractivity contribution < 1.29 is 36.0 Å². The molecule has 1 atom stereocenters. The first-order chi connectivity index (χ1) is 11.4. The van der Waals surface area contributed by atoms with Crippen LogP contribution in [0.1, 0.15) is 12.5 Å². The van der Waals surface area contributed by atoms with Gasteiger partial charge in [0.1, 0.15) is 5.03 Å². The molecule has 9 heteroatoms. The normalized spacial score (nSPS) is 12.8. The first kappa shape index (κ1) is 20.2. The summed E-state index contributed by atoms with van der Waals surface area (Å²) in [4.78, 5) is 0.0196. The van der Waals surface area contributed by atoms with Crippen molar-refractivity contribution in [1.82, 2.24) is 3.97 Å². The smallest absolute Gasteiger partial charge is 0.767 e. The molecule has 25 heavy (non-hydrogen) atoms. The van der Waals surface area contributed by atoms with Gasteiger partial charge in [0, 0.05) is 10.4 Å². The summed E-state index contributed by atoms with van der Waals surface area (Å²) >= 11 is 3.29. The number of hydrogen-bond acceptors (Lipinski definition) is 4. The largest absolute Gasteiger partial charge is 1.00 e. The molecule has 5 nitrogen and oxygen atoms in total. The van der Waals surface area contributed by atoms with Crippen LogP contribution in [0, 0.1) is 0 Å². The molecule has 3 aromatic rings. The van der Waals surface area contributed by atoms with Gasteiger partial charge in [-0.25, -0.2) is 12.4 Å². The molecule has 0 N–H and O–H groups in total. The van der Waals surface area contributed by atoms with Crippen molar-refractivity contribution in [2.75, 3.05) is 0 Å². The van der Waals surface area contributed by atoms with Crippen LogP contribution in [-0.2, 0) is 27.5 Å². The van der Waals surface area contributed by atoms with Gasteiger partial charge < -0.3 is 4.55 Å². The minimum atomic E-state index is -4.06. The number of hydrogen-bond donors (Lipinski definition) is 0. The Hall–Kier alpha value is -1.07. The molecule has 1 heterocycles. The summed E-state index contributed by atoms with van der Waals surface area (Å²) in [6.45, 7) is 1.77. The van der Waals surface area contributed by atoms with Crippen molar-refractivity contribution >= 4 is 43.6 Å². The van der Waals surface area contributed by atoms with E-state index >= 15 is 0 Å². The van der Waals surface area contributed by atoms with E-state index < -0.39 is 21.1 Å². The molecule has 0 aliphatic carbocycles. The maximum Gasteiger partial charge on any atom is 1.00 e. The van der Waals surface area contributed by atoms with Crippen molar-refractivity contribution in [3.8, 4) is 0 Å². The zero-order valence-corrected chi connectivity index (χ0v) is 16.0. The summed E-state index contributed by atoms with van der Waals surface area (Å²) in [5.74, 6) is 0. The maximum atomic E-state index is 13.0. The molecule has 0 aliphatic rings. The van der Waals surface area contributed by atoms with Crippen LogP contribution in [0.4, 0.5) is 0 Å². The molecule has 1 unspecified atom stereocenters. The predicted octanol–water partition coefficient (Wildman–Crippen LogP) is 0.336. The van der Waals surface area contributed by atoms with Gasteiger partial charge in [0.25, 0.3) is 10.0 Å². The molecule has 3 rings (SSSR count). The number of rotatable bonds is 4. The van der Waals surface area contributed by atoms with Gasteiger partial charge in [-0.05, 0) is 53.4 Å². The molecule has 0 saturated heterocycles. The number of fused-ring (bicyclic) bond motifs is 1. The minimum Gasteiger partial charge on any atom is -0.767 e. The van der Waals surface area contributed by atoms with E-state index in [-0.39, 0.29) is 28.8 Å². The SMILES string of the molecule is CCc1c(S(=O)[O-])n(S(=O)(=O)c2ccccc2)c2ccc(Cl)cc12.[Li+]. The molecule has 0 bridgehead atoms. The van der Waals surface area contributed by atoms with E-state index in [1.807, 2.05) is 0 Å². The van der Waals surface area contributed by atoms with E-state index in [9.17, 15) is 17.2 Å². The van der Waals surface area contributed by atoms with Crippen LogP contribution in [0.2, 0.25) is 5.02 Å². The van der Waals surface area contributed by atoms with Gasteiger partial charge >= 0.3 is 18.9 Å². The van der Waals surface area contributed by atoms with Crippen LogP contribution in [0.5, 0.6) is 0 Å². The van der Waals surface area contributed by atoms with Gasteiger partial charge in [-0.2, -0.15) is 0 Å². The van der Waals surface area contributed by atoms with Crippen LogP contribution in [-0.4, -0.2) is 21.2 Å². The molecule has 0 fully saturated rings. The Balaban J connectivity index is 0.00000225. The summed E-state index contributed by atoms with van der Waals surface area (Å²) in [5.41, 5.74) is 0.722. The van der Waals surface area contributed by atoms with Crippen LogP contribution in [0.3, 0.4) is 0 Å². The van der Waals surface area contributed by atoms with E-state index in [1.165, 1.54) is 24.3 Å². The Morgan fingerprint density at radius 1 is 1.16 bits per heavy atom. The van der Waals surface area contributed by atoms with Crippen LogP contribution in [0.25, 0.3) is 10.9 Å². The quantitative estimate of drug-likeness (QED) is 0.476. The monoisotopic (exact) mass is 389 g/mol. The summed E-state index contributed by atoms with van der Waals surface area (Å²) < 4.78 is 50.6. The Morgan fingerprint density at radius 3 is 2.36 bits per heavy atom. The summed E-state index contributed by atoms with van der Waals surface area (Å²) in [7, 11) is -4.06. The zero-order chi connectivity index (χ0) is 17.5. The molecule has 126 valence electrons. The third-order valence-corrected chi connectivity index (χ3v) is 6.56. The van der Waals surface area contributed by atoms with Crippen LogP contribution < -0.4 is 18.9 Å². The molecule has 1 aromatic heterocycles.